The number of nitrogens with zero attached hydrogens (tertiary/aromatic N) is 1. The van der Waals surface area contributed by atoms with Crippen LogP contribution < -0.4 is 5.32 Å². The molecule has 0 bridgehead atoms. The van der Waals surface area contributed by atoms with Crippen LogP contribution in [0.5, 0.6) is 0 Å². The van der Waals surface area contributed by atoms with Crippen molar-refractivity contribution in [3.8, 4) is 0 Å². The summed E-state index contributed by atoms with van der Waals surface area (Å²) >= 11 is 3.73. The van der Waals surface area contributed by atoms with Gasteiger partial charge in [-0.2, -0.15) is 11.8 Å². The third-order valence-electron chi connectivity index (χ3n) is 2.20. The first-order valence-corrected chi connectivity index (χ1v) is 7.90. The third-order valence-corrected chi connectivity index (χ3v) is 4.32. The number of hydrogen-bond acceptors (Lipinski definition) is 4. The molecule has 0 spiro atoms. The molecule has 0 aliphatic carbocycles. The molecule has 0 aromatic carbocycles. The van der Waals surface area contributed by atoms with E-state index >= 15 is 0 Å². The van der Waals surface area contributed by atoms with Crippen molar-refractivity contribution < 1.29 is 0 Å². The fraction of sp³-hybridized carbons (Fsp3) is 0.750. The van der Waals surface area contributed by atoms with Gasteiger partial charge in [0.1, 0.15) is 0 Å². The molecular formula is C12H22N2S2. The van der Waals surface area contributed by atoms with Gasteiger partial charge in [-0.25, -0.2) is 4.98 Å². The molecule has 0 atom stereocenters. The van der Waals surface area contributed by atoms with Gasteiger partial charge in [0.25, 0.3) is 0 Å². The van der Waals surface area contributed by atoms with E-state index in [0.29, 0.717) is 0 Å². The van der Waals surface area contributed by atoms with Crippen LogP contribution in [0, 0.1) is 0 Å². The van der Waals surface area contributed by atoms with Crippen molar-refractivity contribution in [2.75, 3.05) is 18.6 Å². The largest absolute Gasteiger partial charge is 0.312 e. The van der Waals surface area contributed by atoms with E-state index in [1.54, 1.807) is 0 Å². The lowest BCUT2D eigenvalue weighted by Gasteiger charge is -2.13. The van der Waals surface area contributed by atoms with E-state index in [9.17, 15) is 0 Å². The predicted octanol–water partition coefficient (Wildman–Crippen LogP) is 3.28. The normalized spacial score (nSPS) is 12.0. The highest BCUT2D eigenvalue weighted by atomic mass is 32.2. The van der Waals surface area contributed by atoms with Gasteiger partial charge in [-0.05, 0) is 25.0 Å². The second-order valence-corrected chi connectivity index (χ2v) is 7.01. The Kier molecular flexibility index (Phi) is 5.79. The summed E-state index contributed by atoms with van der Waals surface area (Å²) in [5.41, 5.74) is 0.182. The average Bonchev–Trinajstić information content (AvgIpc) is 2.65. The lowest BCUT2D eigenvalue weighted by atomic mass is 9.98. The quantitative estimate of drug-likeness (QED) is 0.793. The number of nitrogens with one attached hydrogen (secondary N) is 1. The minimum Gasteiger partial charge on any atom is -0.312 e. The number of rotatable bonds is 6. The van der Waals surface area contributed by atoms with Crippen LogP contribution in [0.2, 0.25) is 0 Å². The molecule has 1 aromatic heterocycles. The molecule has 92 valence electrons. The Morgan fingerprint density at radius 3 is 2.75 bits per heavy atom. The highest BCUT2D eigenvalue weighted by Gasteiger charge is 2.17. The van der Waals surface area contributed by atoms with E-state index in [1.807, 2.05) is 29.3 Å². The van der Waals surface area contributed by atoms with Crippen molar-refractivity contribution in [3.63, 3.8) is 0 Å². The Bertz CT molecular complexity index is 302. The molecule has 1 aromatic rings. The molecule has 0 aliphatic rings. The molecule has 16 heavy (non-hydrogen) atoms. The molecule has 0 amide bonds. The molecule has 0 unspecified atom stereocenters. The first kappa shape index (κ1) is 14.0. The molecule has 0 saturated heterocycles. The summed E-state index contributed by atoms with van der Waals surface area (Å²) in [6.45, 7) is 8.69. The van der Waals surface area contributed by atoms with Crippen molar-refractivity contribution in [2.24, 2.45) is 0 Å². The zero-order valence-electron chi connectivity index (χ0n) is 10.7. The number of thioether (sulfide) groups is 1. The molecule has 1 rings (SSSR count). The van der Waals surface area contributed by atoms with Gasteiger partial charge in [0, 0.05) is 23.0 Å². The lowest BCUT2D eigenvalue weighted by molar-refractivity contribution is 0.585. The van der Waals surface area contributed by atoms with Crippen molar-refractivity contribution >= 4 is 23.1 Å². The van der Waals surface area contributed by atoms with Crippen LogP contribution >= 0.6 is 23.1 Å². The van der Waals surface area contributed by atoms with Gasteiger partial charge < -0.3 is 5.32 Å². The molecule has 0 fully saturated rings. The van der Waals surface area contributed by atoms with E-state index in [2.05, 4.69) is 37.3 Å². The molecule has 0 saturated carbocycles. The summed E-state index contributed by atoms with van der Waals surface area (Å²) in [5, 5.41) is 4.69. The summed E-state index contributed by atoms with van der Waals surface area (Å²) < 4.78 is 0. The van der Waals surface area contributed by atoms with E-state index in [1.165, 1.54) is 22.1 Å². The van der Waals surface area contributed by atoms with Gasteiger partial charge in [-0.1, -0.05) is 20.8 Å². The summed E-state index contributed by atoms with van der Waals surface area (Å²) in [4.78, 5) is 5.82. The van der Waals surface area contributed by atoms with Gasteiger partial charge >= 0.3 is 0 Å². The van der Waals surface area contributed by atoms with E-state index in [-0.39, 0.29) is 5.41 Å². The fourth-order valence-electron chi connectivity index (χ4n) is 1.29. The molecular weight excluding hydrogens is 236 g/mol. The van der Waals surface area contributed by atoms with Gasteiger partial charge in [-0.3, -0.25) is 0 Å². The molecule has 2 nitrogen and oxygen atoms in total. The lowest BCUT2D eigenvalue weighted by Crippen LogP contribution is -2.14. The molecule has 1 heterocycles. The van der Waals surface area contributed by atoms with Crippen molar-refractivity contribution in [1.82, 2.24) is 10.3 Å². The predicted molar refractivity (Wildman–Crippen MR) is 75.5 cm³/mol. The molecule has 1 N–H and O–H groups in total. The number of aromatic nitrogens is 1. The van der Waals surface area contributed by atoms with Crippen LogP contribution in [0.3, 0.4) is 0 Å². The topological polar surface area (TPSA) is 24.9 Å². The Morgan fingerprint density at radius 2 is 2.19 bits per heavy atom. The van der Waals surface area contributed by atoms with Crippen molar-refractivity contribution in [1.29, 1.82) is 0 Å². The summed E-state index contributed by atoms with van der Waals surface area (Å²) in [7, 11) is 0. The zero-order valence-corrected chi connectivity index (χ0v) is 12.3. The Labute approximate surface area is 107 Å². The SMILES string of the molecule is CSCCCNCc1cnc(C(C)(C)C)s1. The second kappa shape index (κ2) is 6.62. The fourth-order valence-corrected chi connectivity index (χ4v) is 2.66. The number of hydrogen-bond donors (Lipinski definition) is 1. The van der Waals surface area contributed by atoms with Crippen molar-refractivity contribution in [2.45, 2.75) is 39.2 Å². The van der Waals surface area contributed by atoms with E-state index in [0.717, 1.165) is 13.1 Å². The molecule has 4 heteroatoms. The Hall–Kier alpha value is -0.0600. The van der Waals surface area contributed by atoms with Crippen LogP contribution in [0.1, 0.15) is 37.1 Å². The minimum absolute atomic E-state index is 0.182. The van der Waals surface area contributed by atoms with Gasteiger partial charge in [0.2, 0.25) is 0 Å². The summed E-state index contributed by atoms with van der Waals surface area (Å²) in [6, 6.07) is 0. The van der Waals surface area contributed by atoms with Crippen LogP contribution in [0.25, 0.3) is 0 Å². The van der Waals surface area contributed by atoms with Crippen LogP contribution in [0.15, 0.2) is 6.20 Å². The molecule has 0 aliphatic heterocycles. The van der Waals surface area contributed by atoms with Gasteiger partial charge in [0.05, 0.1) is 5.01 Å². The van der Waals surface area contributed by atoms with Crippen molar-refractivity contribution in [3.05, 3.63) is 16.1 Å². The highest BCUT2D eigenvalue weighted by molar-refractivity contribution is 7.98. The zero-order chi connectivity index (χ0) is 12.0. The van der Waals surface area contributed by atoms with E-state index in [4.69, 9.17) is 0 Å². The summed E-state index contributed by atoms with van der Waals surface area (Å²) in [5.74, 6) is 1.24. The van der Waals surface area contributed by atoms with Crippen LogP contribution in [0.4, 0.5) is 0 Å². The maximum atomic E-state index is 4.48. The standard InChI is InChI=1S/C12H22N2S2/c1-12(2,3)11-14-9-10(16-11)8-13-6-5-7-15-4/h9,13H,5-8H2,1-4H3. The van der Waals surface area contributed by atoms with E-state index < -0.39 is 0 Å². The Morgan fingerprint density at radius 1 is 1.44 bits per heavy atom. The second-order valence-electron chi connectivity index (χ2n) is 4.90. The van der Waals surface area contributed by atoms with Gasteiger partial charge in [-0.15, -0.1) is 11.3 Å². The maximum absolute atomic E-state index is 4.48. The first-order chi connectivity index (χ1) is 7.54. The van der Waals surface area contributed by atoms with Gasteiger partial charge in [0.15, 0.2) is 0 Å². The third kappa shape index (κ3) is 4.85. The number of thiazole rings is 1. The maximum Gasteiger partial charge on any atom is 0.0981 e. The average molecular weight is 258 g/mol. The highest BCUT2D eigenvalue weighted by Crippen LogP contribution is 2.26. The van der Waals surface area contributed by atoms with Crippen LogP contribution in [-0.4, -0.2) is 23.5 Å². The van der Waals surface area contributed by atoms with Crippen LogP contribution in [-0.2, 0) is 12.0 Å². The minimum atomic E-state index is 0.182. The first-order valence-electron chi connectivity index (χ1n) is 5.69. The molecule has 0 radical (unpaired) electrons. The summed E-state index contributed by atoms with van der Waals surface area (Å²) in [6.07, 6.45) is 5.40. The monoisotopic (exact) mass is 258 g/mol. The Balaban J connectivity index is 2.30. The smallest absolute Gasteiger partial charge is 0.0981 e.